The van der Waals surface area contributed by atoms with Crippen LogP contribution in [0.25, 0.3) is 0 Å². The van der Waals surface area contributed by atoms with E-state index >= 15 is 0 Å². The monoisotopic (exact) mass is 249 g/mol. The maximum atomic E-state index is 11.7. The van der Waals surface area contributed by atoms with Crippen LogP contribution in [0.5, 0.6) is 0 Å². The maximum absolute atomic E-state index is 11.7. The molecular formula is C11H15N5O2. The van der Waals surface area contributed by atoms with Gasteiger partial charge in [0.25, 0.3) is 0 Å². The van der Waals surface area contributed by atoms with E-state index in [1.54, 1.807) is 18.0 Å². The summed E-state index contributed by atoms with van der Waals surface area (Å²) < 4.78 is 0. The van der Waals surface area contributed by atoms with Gasteiger partial charge in [0.1, 0.15) is 24.0 Å². The summed E-state index contributed by atoms with van der Waals surface area (Å²) in [6.45, 7) is 2.03. The van der Waals surface area contributed by atoms with Gasteiger partial charge in [0.15, 0.2) is 0 Å². The minimum atomic E-state index is -0.373. The zero-order chi connectivity index (χ0) is 13.1. The van der Waals surface area contributed by atoms with Crippen molar-refractivity contribution in [2.24, 2.45) is 0 Å². The molecule has 18 heavy (non-hydrogen) atoms. The summed E-state index contributed by atoms with van der Waals surface area (Å²) in [7, 11) is 1.75. The number of aromatic nitrogens is 2. The van der Waals surface area contributed by atoms with Gasteiger partial charge in [-0.15, -0.1) is 0 Å². The molecule has 1 unspecified atom stereocenters. The highest BCUT2D eigenvalue weighted by Crippen LogP contribution is 2.19. The summed E-state index contributed by atoms with van der Waals surface area (Å²) >= 11 is 0. The number of piperazine rings is 1. The Morgan fingerprint density at radius 2 is 2.28 bits per heavy atom. The van der Waals surface area contributed by atoms with E-state index in [1.165, 1.54) is 6.33 Å². The van der Waals surface area contributed by atoms with Crippen molar-refractivity contribution in [1.29, 1.82) is 0 Å². The molecule has 1 aliphatic heterocycles. The van der Waals surface area contributed by atoms with E-state index in [9.17, 15) is 9.59 Å². The number of imide groups is 1. The van der Waals surface area contributed by atoms with E-state index < -0.39 is 0 Å². The van der Waals surface area contributed by atoms with Crippen LogP contribution in [0, 0.1) is 0 Å². The van der Waals surface area contributed by atoms with Gasteiger partial charge in [-0.2, -0.15) is 0 Å². The lowest BCUT2D eigenvalue weighted by molar-refractivity contribution is -0.132. The van der Waals surface area contributed by atoms with Crippen molar-refractivity contribution in [2.75, 3.05) is 23.8 Å². The number of rotatable bonds is 3. The smallest absolute Gasteiger partial charge is 0.249 e. The second kappa shape index (κ2) is 4.99. The van der Waals surface area contributed by atoms with Gasteiger partial charge in [-0.05, 0) is 6.42 Å². The molecule has 1 saturated heterocycles. The fourth-order valence-corrected chi connectivity index (χ4v) is 1.95. The standard InChI is InChI=1S/C11H15N5O2/c1-3-7-11(18)15-10(17)5-16(7)9-4-8(12-2)13-6-14-9/h4,6-7H,3,5H2,1-2H3,(H,12,13,14)(H,15,17,18). The van der Waals surface area contributed by atoms with Crippen LogP contribution >= 0.6 is 0 Å². The molecule has 0 bridgehead atoms. The lowest BCUT2D eigenvalue weighted by atomic mass is 10.1. The van der Waals surface area contributed by atoms with E-state index in [-0.39, 0.29) is 24.4 Å². The molecule has 0 saturated carbocycles. The molecule has 1 aromatic rings. The van der Waals surface area contributed by atoms with Crippen LogP contribution in [0.4, 0.5) is 11.6 Å². The molecule has 2 amide bonds. The normalized spacial score (nSPS) is 19.7. The van der Waals surface area contributed by atoms with Crippen molar-refractivity contribution in [1.82, 2.24) is 15.3 Å². The third-order valence-corrected chi connectivity index (χ3v) is 2.85. The molecule has 1 aliphatic rings. The first-order valence-corrected chi connectivity index (χ1v) is 5.75. The van der Waals surface area contributed by atoms with Gasteiger partial charge in [0.2, 0.25) is 11.8 Å². The summed E-state index contributed by atoms with van der Waals surface area (Å²) in [4.78, 5) is 33.0. The Morgan fingerprint density at radius 3 is 2.94 bits per heavy atom. The predicted octanol–water partition coefficient (Wildman–Crippen LogP) is -0.240. The molecule has 0 aromatic carbocycles. The zero-order valence-corrected chi connectivity index (χ0v) is 10.3. The van der Waals surface area contributed by atoms with Gasteiger partial charge in [-0.25, -0.2) is 9.97 Å². The largest absolute Gasteiger partial charge is 0.373 e. The molecule has 1 aromatic heterocycles. The minimum absolute atomic E-state index is 0.129. The van der Waals surface area contributed by atoms with Gasteiger partial charge in [0.05, 0.1) is 6.54 Å². The number of nitrogens with zero attached hydrogens (tertiary/aromatic N) is 3. The highest BCUT2D eigenvalue weighted by molar-refractivity contribution is 6.04. The Bertz CT molecular complexity index is 476. The van der Waals surface area contributed by atoms with Gasteiger partial charge in [0, 0.05) is 13.1 Å². The quantitative estimate of drug-likeness (QED) is 0.719. The van der Waals surface area contributed by atoms with E-state index in [4.69, 9.17) is 0 Å². The second-order valence-corrected chi connectivity index (χ2v) is 3.98. The second-order valence-electron chi connectivity index (χ2n) is 3.98. The van der Waals surface area contributed by atoms with Crippen molar-refractivity contribution in [3.63, 3.8) is 0 Å². The number of anilines is 2. The zero-order valence-electron chi connectivity index (χ0n) is 10.3. The van der Waals surface area contributed by atoms with Crippen LogP contribution in [-0.2, 0) is 9.59 Å². The Hall–Kier alpha value is -2.18. The molecule has 0 aliphatic carbocycles. The van der Waals surface area contributed by atoms with Gasteiger partial charge >= 0.3 is 0 Å². The molecule has 7 nitrogen and oxygen atoms in total. The molecule has 7 heteroatoms. The summed E-state index contributed by atoms with van der Waals surface area (Å²) in [5.74, 6) is 0.630. The number of carbonyl (C=O) groups excluding carboxylic acids is 2. The topological polar surface area (TPSA) is 87.2 Å². The summed E-state index contributed by atoms with van der Waals surface area (Å²) in [6, 6.07) is 1.34. The molecular weight excluding hydrogens is 234 g/mol. The highest BCUT2D eigenvalue weighted by Gasteiger charge is 2.33. The van der Waals surface area contributed by atoms with Gasteiger partial charge in [-0.1, -0.05) is 6.92 Å². The van der Waals surface area contributed by atoms with Crippen LogP contribution in [0.1, 0.15) is 13.3 Å². The van der Waals surface area contributed by atoms with Crippen LogP contribution < -0.4 is 15.5 Å². The molecule has 2 N–H and O–H groups in total. The molecule has 96 valence electrons. The molecule has 0 spiro atoms. The first-order valence-electron chi connectivity index (χ1n) is 5.75. The Balaban J connectivity index is 2.33. The van der Waals surface area contributed by atoms with Crippen molar-refractivity contribution >= 4 is 23.5 Å². The lowest BCUT2D eigenvalue weighted by Crippen LogP contribution is -2.58. The fraction of sp³-hybridized carbons (Fsp3) is 0.455. The van der Waals surface area contributed by atoms with E-state index in [0.717, 1.165) is 0 Å². The number of hydrogen-bond donors (Lipinski definition) is 2. The van der Waals surface area contributed by atoms with Crippen LogP contribution in [0.3, 0.4) is 0 Å². The van der Waals surface area contributed by atoms with Crippen LogP contribution in [0.15, 0.2) is 12.4 Å². The molecule has 2 rings (SSSR count). The Morgan fingerprint density at radius 1 is 1.50 bits per heavy atom. The van der Waals surface area contributed by atoms with Gasteiger partial charge in [-0.3, -0.25) is 14.9 Å². The molecule has 1 atom stereocenters. The first-order chi connectivity index (χ1) is 8.65. The maximum Gasteiger partial charge on any atom is 0.249 e. The molecule has 2 heterocycles. The van der Waals surface area contributed by atoms with E-state index in [0.29, 0.717) is 18.1 Å². The highest BCUT2D eigenvalue weighted by atomic mass is 16.2. The number of carbonyl (C=O) groups is 2. The Kier molecular flexibility index (Phi) is 3.40. The number of nitrogens with one attached hydrogen (secondary N) is 2. The van der Waals surface area contributed by atoms with E-state index in [2.05, 4.69) is 20.6 Å². The lowest BCUT2D eigenvalue weighted by Gasteiger charge is -2.34. The van der Waals surface area contributed by atoms with E-state index in [1.807, 2.05) is 6.92 Å². The summed E-state index contributed by atoms with van der Waals surface area (Å²) in [5, 5.41) is 5.23. The number of amides is 2. The number of hydrogen-bond acceptors (Lipinski definition) is 6. The minimum Gasteiger partial charge on any atom is -0.373 e. The van der Waals surface area contributed by atoms with Gasteiger partial charge < -0.3 is 10.2 Å². The third kappa shape index (κ3) is 2.24. The molecule has 1 fully saturated rings. The fourth-order valence-electron chi connectivity index (χ4n) is 1.95. The average Bonchev–Trinajstić information content (AvgIpc) is 2.38. The van der Waals surface area contributed by atoms with Crippen molar-refractivity contribution < 1.29 is 9.59 Å². The van der Waals surface area contributed by atoms with Crippen molar-refractivity contribution in [3.05, 3.63) is 12.4 Å². The van der Waals surface area contributed by atoms with Crippen LogP contribution in [0.2, 0.25) is 0 Å². The van der Waals surface area contributed by atoms with Crippen molar-refractivity contribution in [2.45, 2.75) is 19.4 Å². The summed E-state index contributed by atoms with van der Waals surface area (Å²) in [5.41, 5.74) is 0. The summed E-state index contributed by atoms with van der Waals surface area (Å²) in [6.07, 6.45) is 2.02. The average molecular weight is 249 g/mol. The van der Waals surface area contributed by atoms with Crippen molar-refractivity contribution in [3.8, 4) is 0 Å². The predicted molar refractivity (Wildman–Crippen MR) is 66.2 cm³/mol. The third-order valence-electron chi connectivity index (χ3n) is 2.85. The Labute approximate surface area is 105 Å². The SMILES string of the molecule is CCC1C(=O)NC(=O)CN1c1cc(NC)ncn1. The molecule has 0 radical (unpaired) electrons. The first kappa shape index (κ1) is 12.3. The van der Waals surface area contributed by atoms with Crippen LogP contribution in [-0.4, -0.2) is 41.4 Å².